The van der Waals surface area contributed by atoms with Crippen LogP contribution in [-0.2, 0) is 22.4 Å². The van der Waals surface area contributed by atoms with E-state index in [1.807, 2.05) is 19.1 Å². The molecule has 0 amide bonds. The normalized spacial score (nSPS) is 12.7. The second kappa shape index (κ2) is 14.8. The van der Waals surface area contributed by atoms with Crippen molar-refractivity contribution in [1.29, 1.82) is 0 Å². The highest BCUT2D eigenvalue weighted by Gasteiger charge is 2.18. The van der Waals surface area contributed by atoms with Crippen LogP contribution in [0.15, 0.2) is 42.5 Å². The van der Waals surface area contributed by atoms with Gasteiger partial charge in [-0.15, -0.1) is 0 Å². The molecule has 0 atom stereocenters. The third-order valence-corrected chi connectivity index (χ3v) is 6.73. The molecule has 0 aliphatic carbocycles. The Hall–Kier alpha value is -2.64. The number of unbranched alkanes of at least 4 members (excludes halogenated alkanes) is 1. The fourth-order valence-corrected chi connectivity index (χ4v) is 4.76. The standard InChI is InChI=1S/C29H41N3O3S/c1-4-7-17-31-18-8-10-25-21-23(11-16-27(25)31)22-32(19-9-20-34-5-2)29(36)30-26-14-12-24(13-15-26)28(33)35-6-3/h11-16,21H,4-10,17-20,22H2,1-3H3,(H,30,36). The fourth-order valence-electron chi connectivity index (χ4n) is 4.49. The van der Waals surface area contributed by atoms with Crippen LogP contribution in [-0.4, -0.2) is 55.4 Å². The van der Waals surface area contributed by atoms with Crippen molar-refractivity contribution < 1.29 is 14.3 Å². The van der Waals surface area contributed by atoms with E-state index in [4.69, 9.17) is 21.7 Å². The quantitative estimate of drug-likeness (QED) is 0.200. The van der Waals surface area contributed by atoms with E-state index < -0.39 is 0 Å². The summed E-state index contributed by atoms with van der Waals surface area (Å²) < 4.78 is 10.6. The molecule has 2 aromatic rings. The number of rotatable bonds is 13. The second-order valence-electron chi connectivity index (χ2n) is 9.11. The molecule has 0 unspecified atom stereocenters. The Bertz CT molecular complexity index is 980. The Morgan fingerprint density at radius 1 is 1.08 bits per heavy atom. The lowest BCUT2D eigenvalue weighted by Gasteiger charge is -2.32. The number of thiocarbonyl (C=S) groups is 1. The minimum Gasteiger partial charge on any atom is -0.462 e. The highest BCUT2D eigenvalue weighted by Crippen LogP contribution is 2.29. The number of benzene rings is 2. The van der Waals surface area contributed by atoms with Crippen molar-refractivity contribution >= 4 is 34.7 Å². The average Bonchev–Trinajstić information content (AvgIpc) is 2.89. The Balaban J connectivity index is 1.69. The van der Waals surface area contributed by atoms with Gasteiger partial charge in [-0.3, -0.25) is 0 Å². The maximum absolute atomic E-state index is 11.9. The van der Waals surface area contributed by atoms with E-state index in [9.17, 15) is 4.79 Å². The summed E-state index contributed by atoms with van der Waals surface area (Å²) in [7, 11) is 0. The topological polar surface area (TPSA) is 54.0 Å². The van der Waals surface area contributed by atoms with Gasteiger partial charge in [0.25, 0.3) is 0 Å². The predicted octanol–water partition coefficient (Wildman–Crippen LogP) is 6.04. The molecule has 1 aliphatic rings. The van der Waals surface area contributed by atoms with E-state index in [0.29, 0.717) is 23.9 Å². The van der Waals surface area contributed by atoms with Crippen LogP contribution < -0.4 is 10.2 Å². The lowest BCUT2D eigenvalue weighted by Crippen LogP contribution is -2.35. The second-order valence-corrected chi connectivity index (χ2v) is 9.49. The van der Waals surface area contributed by atoms with E-state index in [1.54, 1.807) is 19.1 Å². The van der Waals surface area contributed by atoms with Crippen molar-refractivity contribution in [2.45, 2.75) is 59.4 Å². The molecule has 0 spiro atoms. The number of nitrogens with zero attached hydrogens (tertiary/aromatic N) is 2. The first kappa shape index (κ1) is 27.9. The molecule has 0 saturated heterocycles. The highest BCUT2D eigenvalue weighted by molar-refractivity contribution is 7.80. The maximum atomic E-state index is 11.9. The third kappa shape index (κ3) is 8.20. The summed E-state index contributed by atoms with van der Waals surface area (Å²) in [5.41, 5.74) is 5.48. The largest absolute Gasteiger partial charge is 0.462 e. The zero-order valence-corrected chi connectivity index (χ0v) is 22.9. The summed E-state index contributed by atoms with van der Waals surface area (Å²) >= 11 is 5.82. The van der Waals surface area contributed by atoms with Crippen LogP contribution in [0.2, 0.25) is 0 Å². The van der Waals surface area contributed by atoms with Gasteiger partial charge in [0.2, 0.25) is 0 Å². The number of ether oxygens (including phenoxy) is 2. The van der Waals surface area contributed by atoms with Crippen LogP contribution in [0.5, 0.6) is 0 Å². The number of hydrogen-bond acceptors (Lipinski definition) is 5. The SMILES string of the molecule is CCCCN1CCCc2cc(CN(CCCOCC)C(=S)Nc3ccc(C(=O)OCC)cc3)ccc21. The Labute approximate surface area is 222 Å². The van der Waals surface area contributed by atoms with Crippen LogP contribution in [0.25, 0.3) is 0 Å². The molecule has 7 heteroatoms. The summed E-state index contributed by atoms with van der Waals surface area (Å²) in [4.78, 5) is 16.7. The van der Waals surface area contributed by atoms with Gasteiger partial charge in [-0.2, -0.15) is 0 Å². The molecule has 0 aromatic heterocycles. The number of anilines is 2. The zero-order chi connectivity index (χ0) is 25.8. The summed E-state index contributed by atoms with van der Waals surface area (Å²) in [6.45, 7) is 11.7. The molecule has 0 fully saturated rings. The molecular formula is C29H41N3O3S. The van der Waals surface area contributed by atoms with E-state index in [-0.39, 0.29) is 5.97 Å². The molecule has 196 valence electrons. The van der Waals surface area contributed by atoms with Crippen LogP contribution in [0, 0.1) is 0 Å². The number of hydrogen-bond donors (Lipinski definition) is 1. The Kier molecular flexibility index (Phi) is 11.5. The van der Waals surface area contributed by atoms with Gasteiger partial charge >= 0.3 is 5.97 Å². The molecule has 1 heterocycles. The van der Waals surface area contributed by atoms with Crippen molar-refractivity contribution in [3.63, 3.8) is 0 Å². The first-order valence-electron chi connectivity index (χ1n) is 13.3. The molecule has 36 heavy (non-hydrogen) atoms. The third-order valence-electron chi connectivity index (χ3n) is 6.37. The van der Waals surface area contributed by atoms with Crippen LogP contribution in [0.3, 0.4) is 0 Å². The van der Waals surface area contributed by atoms with Gasteiger partial charge in [0.05, 0.1) is 12.2 Å². The first-order valence-corrected chi connectivity index (χ1v) is 13.7. The van der Waals surface area contributed by atoms with Crippen molar-refractivity contribution in [1.82, 2.24) is 4.90 Å². The molecule has 3 rings (SSSR count). The number of carbonyl (C=O) groups is 1. The molecule has 0 saturated carbocycles. The van der Waals surface area contributed by atoms with Gasteiger partial charge in [-0.25, -0.2) is 4.79 Å². The maximum Gasteiger partial charge on any atom is 0.338 e. The molecule has 0 bridgehead atoms. The summed E-state index contributed by atoms with van der Waals surface area (Å²) in [5, 5.41) is 4.01. The van der Waals surface area contributed by atoms with E-state index in [1.165, 1.54) is 36.1 Å². The molecule has 6 nitrogen and oxygen atoms in total. The van der Waals surface area contributed by atoms with Crippen molar-refractivity contribution in [3.05, 3.63) is 59.2 Å². The minimum atomic E-state index is -0.315. The van der Waals surface area contributed by atoms with Crippen molar-refractivity contribution in [3.8, 4) is 0 Å². The van der Waals surface area contributed by atoms with E-state index in [0.717, 1.165) is 51.3 Å². The van der Waals surface area contributed by atoms with Gasteiger partial charge in [0.1, 0.15) is 0 Å². The molecular weight excluding hydrogens is 470 g/mol. The van der Waals surface area contributed by atoms with Crippen LogP contribution in [0.1, 0.15) is 67.9 Å². The molecule has 1 aliphatic heterocycles. The smallest absolute Gasteiger partial charge is 0.338 e. The molecule has 1 N–H and O–H groups in total. The van der Waals surface area contributed by atoms with E-state index >= 15 is 0 Å². The van der Waals surface area contributed by atoms with Crippen LogP contribution in [0.4, 0.5) is 11.4 Å². The number of aryl methyl sites for hydroxylation is 1. The molecule has 0 radical (unpaired) electrons. The fraction of sp³-hybridized carbons (Fsp3) is 0.517. The minimum absolute atomic E-state index is 0.315. The van der Waals surface area contributed by atoms with Crippen LogP contribution >= 0.6 is 12.2 Å². The van der Waals surface area contributed by atoms with Crippen molar-refractivity contribution in [2.75, 3.05) is 49.7 Å². The van der Waals surface area contributed by atoms with Gasteiger partial charge in [-0.05, 0) is 93.2 Å². The van der Waals surface area contributed by atoms with Gasteiger partial charge in [0.15, 0.2) is 5.11 Å². The average molecular weight is 512 g/mol. The number of fused-ring (bicyclic) bond motifs is 1. The first-order chi connectivity index (χ1) is 17.5. The Morgan fingerprint density at radius 2 is 1.89 bits per heavy atom. The van der Waals surface area contributed by atoms with Gasteiger partial charge in [-0.1, -0.05) is 25.5 Å². The number of carbonyl (C=O) groups excluding carboxylic acids is 1. The van der Waals surface area contributed by atoms with E-state index in [2.05, 4.69) is 40.2 Å². The van der Waals surface area contributed by atoms with Crippen molar-refractivity contribution in [2.24, 2.45) is 0 Å². The summed E-state index contributed by atoms with van der Waals surface area (Å²) in [6.07, 6.45) is 5.69. The lowest BCUT2D eigenvalue weighted by molar-refractivity contribution is 0.0526. The number of nitrogens with one attached hydrogen (secondary N) is 1. The van der Waals surface area contributed by atoms with Gasteiger partial charge < -0.3 is 24.6 Å². The Morgan fingerprint density at radius 3 is 2.61 bits per heavy atom. The summed E-state index contributed by atoms with van der Waals surface area (Å²) in [5.74, 6) is -0.315. The monoisotopic (exact) mass is 511 g/mol. The predicted molar refractivity (Wildman–Crippen MR) is 152 cm³/mol. The number of esters is 1. The van der Waals surface area contributed by atoms with Gasteiger partial charge in [0, 0.05) is 50.8 Å². The summed E-state index contributed by atoms with van der Waals surface area (Å²) in [6, 6.07) is 14.1. The highest BCUT2D eigenvalue weighted by atomic mass is 32.1. The zero-order valence-electron chi connectivity index (χ0n) is 22.1. The lowest BCUT2D eigenvalue weighted by atomic mass is 9.98. The molecule has 2 aromatic carbocycles.